The Kier molecular flexibility index (Phi) is 4.75. The smallest absolute Gasteiger partial charge is 0.296 e. The lowest BCUT2D eigenvalue weighted by Crippen LogP contribution is -2.29. The maximum absolute atomic E-state index is 12.8. The van der Waals surface area contributed by atoms with Crippen LogP contribution in [0.15, 0.2) is 83.0 Å². The number of nitrogens with zero attached hydrogens (tertiary/aromatic N) is 1. The van der Waals surface area contributed by atoms with Crippen molar-refractivity contribution in [2.45, 2.75) is 12.6 Å². The van der Waals surface area contributed by atoms with E-state index in [0.717, 1.165) is 0 Å². The van der Waals surface area contributed by atoms with E-state index in [1.165, 1.54) is 11.2 Å². The van der Waals surface area contributed by atoms with E-state index in [-0.39, 0.29) is 17.9 Å². The molecule has 140 valence electrons. The maximum Gasteiger partial charge on any atom is 0.296 e. The molecule has 2 heterocycles. The molecule has 1 aliphatic heterocycles. The Balaban J connectivity index is 1.86. The van der Waals surface area contributed by atoms with Crippen LogP contribution >= 0.6 is 11.6 Å². The molecule has 0 bridgehead atoms. The number of rotatable bonds is 4. The average Bonchev–Trinajstić information content (AvgIpc) is 3.31. The molecule has 1 fully saturated rings. The van der Waals surface area contributed by atoms with Crippen molar-refractivity contribution in [3.8, 4) is 0 Å². The topological polar surface area (TPSA) is 70.8 Å². The van der Waals surface area contributed by atoms with Crippen LogP contribution in [0, 0.1) is 0 Å². The van der Waals surface area contributed by atoms with Gasteiger partial charge in [0.2, 0.25) is 0 Å². The van der Waals surface area contributed by atoms with E-state index in [4.69, 9.17) is 16.0 Å². The minimum atomic E-state index is -0.748. The first-order valence-electron chi connectivity index (χ1n) is 8.68. The summed E-state index contributed by atoms with van der Waals surface area (Å²) >= 11 is 6.00. The highest BCUT2D eigenvalue weighted by Gasteiger charge is 2.46. The van der Waals surface area contributed by atoms with Crippen molar-refractivity contribution in [3.63, 3.8) is 0 Å². The van der Waals surface area contributed by atoms with Gasteiger partial charge in [-0.2, -0.15) is 0 Å². The summed E-state index contributed by atoms with van der Waals surface area (Å²) in [5, 5.41) is 11.4. The fourth-order valence-electron chi connectivity index (χ4n) is 3.36. The number of furan rings is 1. The van der Waals surface area contributed by atoms with Crippen molar-refractivity contribution < 1.29 is 19.1 Å². The fourth-order valence-corrected chi connectivity index (χ4v) is 3.48. The molecule has 1 amide bonds. The zero-order valence-corrected chi connectivity index (χ0v) is 15.5. The standard InChI is InChI=1S/C22H16ClNO4/c23-16-10-8-14(9-11-16)19-18(20(25)15-5-2-1-3-6-15)21(26)22(27)24(19)13-17-7-4-12-28-17/h1-12,19,25H,13H2/b20-18-. The lowest BCUT2D eigenvalue weighted by atomic mass is 9.95. The monoisotopic (exact) mass is 393 g/mol. The van der Waals surface area contributed by atoms with E-state index in [1.54, 1.807) is 60.7 Å². The van der Waals surface area contributed by atoms with Crippen molar-refractivity contribution >= 4 is 29.1 Å². The molecule has 5 nitrogen and oxygen atoms in total. The molecule has 0 radical (unpaired) electrons. The van der Waals surface area contributed by atoms with Crippen LogP contribution in [0.2, 0.25) is 5.02 Å². The average molecular weight is 394 g/mol. The number of carbonyl (C=O) groups excluding carboxylic acids is 2. The second-order valence-electron chi connectivity index (χ2n) is 6.42. The van der Waals surface area contributed by atoms with Crippen molar-refractivity contribution in [1.82, 2.24) is 4.90 Å². The third-order valence-electron chi connectivity index (χ3n) is 4.68. The summed E-state index contributed by atoms with van der Waals surface area (Å²) in [5.74, 6) is -1.08. The summed E-state index contributed by atoms with van der Waals surface area (Å²) in [4.78, 5) is 27.0. The SMILES string of the molecule is O=C1C(=O)N(Cc2ccco2)C(c2ccc(Cl)cc2)/C1=C(/O)c1ccccc1. The van der Waals surface area contributed by atoms with Crippen LogP contribution < -0.4 is 0 Å². The van der Waals surface area contributed by atoms with Gasteiger partial charge in [-0.3, -0.25) is 9.59 Å². The Labute approximate surface area is 166 Å². The molecule has 0 saturated carbocycles. The van der Waals surface area contributed by atoms with Gasteiger partial charge in [-0.1, -0.05) is 54.1 Å². The van der Waals surface area contributed by atoms with Gasteiger partial charge in [-0.05, 0) is 29.8 Å². The molecular formula is C22H16ClNO4. The number of hydrogen-bond donors (Lipinski definition) is 1. The molecule has 4 rings (SSSR count). The summed E-state index contributed by atoms with van der Waals surface area (Å²) in [6.07, 6.45) is 1.51. The van der Waals surface area contributed by atoms with E-state index in [9.17, 15) is 14.7 Å². The van der Waals surface area contributed by atoms with E-state index in [0.29, 0.717) is 21.9 Å². The minimum Gasteiger partial charge on any atom is -0.507 e. The van der Waals surface area contributed by atoms with Gasteiger partial charge in [0.25, 0.3) is 11.7 Å². The molecule has 28 heavy (non-hydrogen) atoms. The Bertz CT molecular complexity index is 1040. The highest BCUT2D eigenvalue weighted by Crippen LogP contribution is 2.40. The normalized spacial score (nSPS) is 18.6. The largest absolute Gasteiger partial charge is 0.507 e. The Morgan fingerprint density at radius 3 is 2.36 bits per heavy atom. The van der Waals surface area contributed by atoms with E-state index in [1.807, 2.05) is 6.07 Å². The van der Waals surface area contributed by atoms with Crippen LogP contribution in [0.1, 0.15) is 22.9 Å². The quantitative estimate of drug-likeness (QED) is 0.401. The van der Waals surface area contributed by atoms with Crippen molar-refractivity contribution in [2.24, 2.45) is 0 Å². The van der Waals surface area contributed by atoms with Gasteiger partial charge in [-0.15, -0.1) is 0 Å². The molecule has 0 aliphatic carbocycles. The van der Waals surface area contributed by atoms with Crippen molar-refractivity contribution in [2.75, 3.05) is 0 Å². The lowest BCUT2D eigenvalue weighted by Gasteiger charge is -2.24. The number of aliphatic hydroxyl groups is 1. The van der Waals surface area contributed by atoms with Crippen molar-refractivity contribution in [1.29, 1.82) is 0 Å². The van der Waals surface area contributed by atoms with Crippen LogP contribution in [0.5, 0.6) is 0 Å². The first kappa shape index (κ1) is 18.1. The van der Waals surface area contributed by atoms with Gasteiger partial charge in [0.05, 0.1) is 24.4 Å². The van der Waals surface area contributed by atoms with Gasteiger partial charge in [-0.25, -0.2) is 0 Å². The minimum absolute atomic E-state index is 0.0464. The van der Waals surface area contributed by atoms with E-state index >= 15 is 0 Å². The Morgan fingerprint density at radius 2 is 1.71 bits per heavy atom. The molecule has 1 unspecified atom stereocenters. The lowest BCUT2D eigenvalue weighted by molar-refractivity contribution is -0.140. The summed E-state index contributed by atoms with van der Waals surface area (Å²) in [6.45, 7) is 0.108. The molecule has 0 spiro atoms. The zero-order chi connectivity index (χ0) is 19.7. The molecule has 1 N–H and O–H groups in total. The van der Waals surface area contributed by atoms with Crippen LogP contribution in [0.25, 0.3) is 5.76 Å². The van der Waals surface area contributed by atoms with Crippen LogP contribution in [-0.2, 0) is 16.1 Å². The zero-order valence-electron chi connectivity index (χ0n) is 14.7. The Morgan fingerprint density at radius 1 is 1.00 bits per heavy atom. The fraction of sp³-hybridized carbons (Fsp3) is 0.0909. The maximum atomic E-state index is 12.8. The number of carbonyl (C=O) groups is 2. The number of amides is 1. The summed E-state index contributed by atoms with van der Waals surface area (Å²) < 4.78 is 5.36. The number of Topliss-reactive ketones (excluding diaryl/α,β-unsaturated/α-hetero) is 1. The Hall–Kier alpha value is -3.31. The molecule has 1 saturated heterocycles. The van der Waals surface area contributed by atoms with Gasteiger partial charge < -0.3 is 14.4 Å². The van der Waals surface area contributed by atoms with Crippen LogP contribution in [-0.4, -0.2) is 21.7 Å². The summed E-state index contributed by atoms with van der Waals surface area (Å²) in [7, 11) is 0. The number of likely N-dealkylation sites (tertiary alicyclic amines) is 1. The first-order chi connectivity index (χ1) is 13.6. The second-order valence-corrected chi connectivity index (χ2v) is 6.86. The van der Waals surface area contributed by atoms with E-state index < -0.39 is 17.7 Å². The van der Waals surface area contributed by atoms with E-state index in [2.05, 4.69) is 0 Å². The molecule has 3 aromatic rings. The molecule has 1 aliphatic rings. The van der Waals surface area contributed by atoms with Gasteiger partial charge in [0, 0.05) is 10.6 Å². The molecule has 1 aromatic heterocycles. The highest BCUT2D eigenvalue weighted by atomic mass is 35.5. The van der Waals surface area contributed by atoms with Gasteiger partial charge >= 0.3 is 0 Å². The number of benzene rings is 2. The second kappa shape index (κ2) is 7.37. The van der Waals surface area contributed by atoms with Crippen LogP contribution in [0.3, 0.4) is 0 Å². The summed E-state index contributed by atoms with van der Waals surface area (Å²) in [6, 6.07) is 18.3. The molecule has 6 heteroatoms. The van der Waals surface area contributed by atoms with Crippen molar-refractivity contribution in [3.05, 3.63) is 100 Å². The molecule has 1 atom stereocenters. The van der Waals surface area contributed by atoms with Gasteiger partial charge in [0.1, 0.15) is 11.5 Å². The summed E-state index contributed by atoms with van der Waals surface area (Å²) in [5.41, 5.74) is 1.19. The highest BCUT2D eigenvalue weighted by molar-refractivity contribution is 6.46. The third kappa shape index (κ3) is 3.21. The predicted octanol–water partition coefficient (Wildman–Crippen LogP) is 4.55. The third-order valence-corrected chi connectivity index (χ3v) is 4.93. The number of halogens is 1. The number of hydrogen-bond acceptors (Lipinski definition) is 4. The van der Waals surface area contributed by atoms with Crippen LogP contribution in [0.4, 0.5) is 0 Å². The molecular weight excluding hydrogens is 378 g/mol. The predicted molar refractivity (Wildman–Crippen MR) is 104 cm³/mol. The van der Waals surface area contributed by atoms with Gasteiger partial charge in [0.15, 0.2) is 0 Å². The number of ketones is 1. The number of aliphatic hydroxyl groups excluding tert-OH is 1. The molecule has 2 aromatic carbocycles. The first-order valence-corrected chi connectivity index (χ1v) is 9.05.